The SMILES string of the molecule is CC(C)(C)c1ccnc(-n2c3ccccc3c3ccc(Oc4cccc(Nc5cccc6c5[nH]c5c(-c7ccc8c(c7)-c7ccccc7C8(c7ccccc7)c7ccccc7)cccc5c5ccccc5c5ccccc65)c4)cc32)c1. The Bertz CT molecular complexity index is 4830. The molecule has 1 aliphatic carbocycles. The van der Waals surface area contributed by atoms with Crippen LogP contribution in [-0.2, 0) is 10.8 Å². The molecular weight excluding hydrogens is 985 g/mol. The first-order chi connectivity index (χ1) is 39.8. The number of H-pyrrole nitrogens is 1. The van der Waals surface area contributed by atoms with Crippen molar-refractivity contribution in [2.45, 2.75) is 31.6 Å². The summed E-state index contributed by atoms with van der Waals surface area (Å²) in [5.41, 5.74) is 16.5. The molecule has 0 unspecified atom stereocenters. The first-order valence-electron chi connectivity index (χ1n) is 27.9. The number of benzene rings is 11. The van der Waals surface area contributed by atoms with Crippen molar-refractivity contribution in [3.8, 4) is 39.6 Å². The lowest BCUT2D eigenvalue weighted by Gasteiger charge is -2.33. The first kappa shape index (κ1) is 47.9. The fourth-order valence-corrected chi connectivity index (χ4v) is 13.0. The minimum atomic E-state index is -0.493. The number of anilines is 2. The zero-order valence-corrected chi connectivity index (χ0v) is 45.3. The highest BCUT2D eigenvalue weighted by molar-refractivity contribution is 6.21. The fourth-order valence-electron chi connectivity index (χ4n) is 13.0. The quantitative estimate of drug-likeness (QED) is 0.159. The first-order valence-corrected chi connectivity index (χ1v) is 27.9. The number of nitrogens with zero attached hydrogens (tertiary/aromatic N) is 2. The Labute approximate surface area is 470 Å². The van der Waals surface area contributed by atoms with Crippen molar-refractivity contribution in [2.24, 2.45) is 0 Å². The van der Waals surface area contributed by atoms with E-state index in [1.54, 1.807) is 0 Å². The third-order valence-corrected chi connectivity index (χ3v) is 16.7. The second-order valence-corrected chi connectivity index (χ2v) is 22.4. The standard InChI is InChI=1S/C76H56N4O/c1-75(2,3)52-43-44-77-72(46-52)80-70-38-17-15-32-62(70)63-41-40-55(48-71(63)80)81-54-26-18-25-53(47-54)78-69-37-20-35-65-60-30-13-11-28-58(60)57-27-10-12-29-59(57)64-34-19-33-56(73(64)79-74(65)69)49-39-42-68-66(45-49)61-31-14-16-36-67(61)76(68,50-21-6-4-7-22-50)51-23-8-5-9-24-51/h4-48,78-79H,1-3H3. The van der Waals surface area contributed by atoms with E-state index in [1.807, 2.05) is 12.3 Å². The highest BCUT2D eigenvalue weighted by Gasteiger charge is 2.46. The summed E-state index contributed by atoms with van der Waals surface area (Å²) in [6, 6.07) is 96.7. The van der Waals surface area contributed by atoms with Gasteiger partial charge in [0, 0.05) is 51.1 Å². The molecule has 1 aliphatic rings. The average molecular weight is 1040 g/mol. The molecule has 5 heteroatoms. The van der Waals surface area contributed by atoms with E-state index in [-0.39, 0.29) is 5.41 Å². The predicted octanol–water partition coefficient (Wildman–Crippen LogP) is 20.1. The van der Waals surface area contributed by atoms with Crippen LogP contribution in [0.2, 0.25) is 0 Å². The Morgan fingerprint density at radius 3 is 1.72 bits per heavy atom. The van der Waals surface area contributed by atoms with Crippen LogP contribution >= 0.6 is 0 Å². The summed E-state index contributed by atoms with van der Waals surface area (Å²) in [6.07, 6.45) is 1.92. The number of hydrogen-bond acceptors (Lipinski definition) is 3. The number of nitrogens with one attached hydrogen (secondary N) is 2. The zero-order valence-electron chi connectivity index (χ0n) is 45.3. The van der Waals surface area contributed by atoms with Gasteiger partial charge in [-0.15, -0.1) is 0 Å². The van der Waals surface area contributed by atoms with E-state index >= 15 is 0 Å². The van der Waals surface area contributed by atoms with Crippen LogP contribution in [-0.4, -0.2) is 14.5 Å². The van der Waals surface area contributed by atoms with E-state index in [0.29, 0.717) is 5.75 Å². The lowest BCUT2D eigenvalue weighted by Crippen LogP contribution is -2.28. The molecule has 81 heavy (non-hydrogen) atoms. The van der Waals surface area contributed by atoms with Crippen LogP contribution in [0.25, 0.3) is 93.2 Å². The summed E-state index contributed by atoms with van der Waals surface area (Å²) >= 11 is 0. The molecule has 14 aromatic rings. The van der Waals surface area contributed by atoms with Crippen molar-refractivity contribution in [1.29, 1.82) is 0 Å². The summed E-state index contributed by atoms with van der Waals surface area (Å²) in [6.45, 7) is 6.72. The summed E-state index contributed by atoms with van der Waals surface area (Å²) in [4.78, 5) is 9.10. The lowest BCUT2D eigenvalue weighted by molar-refractivity contribution is 0.483. The van der Waals surface area contributed by atoms with Crippen molar-refractivity contribution in [3.05, 3.63) is 301 Å². The Morgan fingerprint density at radius 1 is 0.420 bits per heavy atom. The number of pyridine rings is 1. The molecule has 0 spiro atoms. The summed E-state index contributed by atoms with van der Waals surface area (Å²) in [5.74, 6) is 2.33. The van der Waals surface area contributed by atoms with Crippen LogP contribution in [0.5, 0.6) is 11.5 Å². The fraction of sp³-hybridized carbons (Fsp3) is 0.0658. The van der Waals surface area contributed by atoms with E-state index in [2.05, 4.69) is 296 Å². The number of aromatic nitrogens is 3. The highest BCUT2D eigenvalue weighted by atomic mass is 16.5. The number of ether oxygens (including phenoxy) is 1. The molecule has 0 bridgehead atoms. The third kappa shape index (κ3) is 7.87. The molecule has 15 rings (SSSR count). The maximum Gasteiger partial charge on any atom is 0.137 e. The Kier molecular flexibility index (Phi) is 11.2. The van der Waals surface area contributed by atoms with Crippen molar-refractivity contribution >= 4 is 76.5 Å². The van der Waals surface area contributed by atoms with Crippen LogP contribution in [0.3, 0.4) is 0 Å². The minimum absolute atomic E-state index is 0.0294. The number of fused-ring (bicyclic) bond motifs is 13. The van der Waals surface area contributed by atoms with Gasteiger partial charge in [-0.1, -0.05) is 221 Å². The van der Waals surface area contributed by atoms with Gasteiger partial charge in [-0.2, -0.15) is 0 Å². The Morgan fingerprint density at radius 2 is 0.988 bits per heavy atom. The molecule has 3 aromatic heterocycles. The summed E-state index contributed by atoms with van der Waals surface area (Å²) in [7, 11) is 0. The topological polar surface area (TPSA) is 54.9 Å². The molecule has 0 fully saturated rings. The molecule has 2 N–H and O–H groups in total. The summed E-state index contributed by atoms with van der Waals surface area (Å²) in [5, 5.41) is 13.1. The van der Waals surface area contributed by atoms with E-state index in [1.165, 1.54) is 55.1 Å². The van der Waals surface area contributed by atoms with Crippen LogP contribution < -0.4 is 10.1 Å². The molecule has 0 amide bonds. The molecule has 11 aromatic carbocycles. The van der Waals surface area contributed by atoms with Crippen molar-refractivity contribution in [2.75, 3.05) is 5.32 Å². The molecule has 0 saturated carbocycles. The van der Waals surface area contributed by atoms with Gasteiger partial charge in [-0.25, -0.2) is 4.98 Å². The largest absolute Gasteiger partial charge is 0.457 e. The highest BCUT2D eigenvalue weighted by Crippen LogP contribution is 2.57. The van der Waals surface area contributed by atoms with Gasteiger partial charge in [0.25, 0.3) is 0 Å². The van der Waals surface area contributed by atoms with E-state index in [9.17, 15) is 0 Å². The molecule has 0 aliphatic heterocycles. The van der Waals surface area contributed by atoms with E-state index in [0.717, 1.165) is 83.1 Å². The molecule has 3 heterocycles. The normalized spacial score (nSPS) is 12.7. The maximum absolute atomic E-state index is 6.82. The van der Waals surface area contributed by atoms with Gasteiger partial charge in [0.15, 0.2) is 0 Å². The number of rotatable bonds is 8. The smallest absolute Gasteiger partial charge is 0.137 e. The molecule has 386 valence electrons. The van der Waals surface area contributed by atoms with Crippen molar-refractivity contribution < 1.29 is 4.74 Å². The van der Waals surface area contributed by atoms with Crippen LogP contribution in [0.1, 0.15) is 48.6 Å². The van der Waals surface area contributed by atoms with Gasteiger partial charge in [-0.05, 0) is 126 Å². The average Bonchev–Trinajstić information content (AvgIpc) is 2.37. The second kappa shape index (κ2) is 19.0. The molecule has 0 radical (unpaired) electrons. The molecule has 0 saturated heterocycles. The van der Waals surface area contributed by atoms with E-state index < -0.39 is 5.41 Å². The number of para-hydroxylation sites is 3. The van der Waals surface area contributed by atoms with Crippen molar-refractivity contribution in [1.82, 2.24) is 14.5 Å². The molecular formula is C76H56N4O. The van der Waals surface area contributed by atoms with Crippen LogP contribution in [0.15, 0.2) is 273 Å². The maximum atomic E-state index is 6.82. The second-order valence-electron chi connectivity index (χ2n) is 22.4. The summed E-state index contributed by atoms with van der Waals surface area (Å²) < 4.78 is 9.08. The van der Waals surface area contributed by atoms with Gasteiger partial charge >= 0.3 is 0 Å². The minimum Gasteiger partial charge on any atom is -0.457 e. The molecule has 0 atom stereocenters. The van der Waals surface area contributed by atoms with Gasteiger partial charge in [-0.3, -0.25) is 4.57 Å². The number of aromatic amines is 1. The monoisotopic (exact) mass is 1040 g/mol. The van der Waals surface area contributed by atoms with E-state index in [4.69, 9.17) is 9.72 Å². The predicted molar refractivity (Wildman–Crippen MR) is 338 cm³/mol. The Balaban J connectivity index is 0.892. The molecule has 5 nitrogen and oxygen atoms in total. The van der Waals surface area contributed by atoms with Gasteiger partial charge in [0.05, 0.1) is 33.2 Å². The zero-order chi connectivity index (χ0) is 54.2. The third-order valence-electron chi connectivity index (χ3n) is 16.7. The Hall–Kier alpha value is -10.2. The number of hydrogen-bond donors (Lipinski definition) is 2. The van der Waals surface area contributed by atoms with Crippen LogP contribution in [0.4, 0.5) is 11.4 Å². The van der Waals surface area contributed by atoms with Crippen molar-refractivity contribution in [3.63, 3.8) is 0 Å². The van der Waals surface area contributed by atoms with Gasteiger partial charge in [0.2, 0.25) is 0 Å². The van der Waals surface area contributed by atoms with Gasteiger partial charge in [0.1, 0.15) is 17.3 Å². The van der Waals surface area contributed by atoms with Gasteiger partial charge < -0.3 is 15.0 Å². The lowest BCUT2D eigenvalue weighted by atomic mass is 9.67. The van der Waals surface area contributed by atoms with Crippen LogP contribution in [0, 0.1) is 0 Å².